The van der Waals surface area contributed by atoms with Gasteiger partial charge in [0.25, 0.3) is 0 Å². The summed E-state index contributed by atoms with van der Waals surface area (Å²) in [5.74, 6) is 0.905. The van der Waals surface area contributed by atoms with E-state index in [1.54, 1.807) is 0 Å². The number of fused-ring (bicyclic) bond motifs is 1. The van der Waals surface area contributed by atoms with Crippen LogP contribution < -0.4 is 15.4 Å². The summed E-state index contributed by atoms with van der Waals surface area (Å²) in [7, 11) is 0. The summed E-state index contributed by atoms with van der Waals surface area (Å²) in [6.45, 7) is 2.38. The van der Waals surface area contributed by atoms with E-state index in [2.05, 4.69) is 18.5 Å². The third-order valence-electron chi connectivity index (χ3n) is 2.95. The number of nitrogens with zero attached hydrogens (tertiary/aromatic N) is 3. The molecule has 2 aromatic rings. The molecule has 0 saturated heterocycles. The molecular weight excluding hydrogens is 421 g/mol. The molecule has 1 aliphatic rings. The topological polar surface area (TPSA) is 56.3 Å². The van der Waals surface area contributed by atoms with Crippen LogP contribution in [0.2, 0.25) is 0 Å². The zero-order valence-corrected chi connectivity index (χ0v) is 14.4. The Balaban J connectivity index is 1.88. The first-order valence-electron chi connectivity index (χ1n) is 5.77. The number of benzene rings is 1. The van der Waals surface area contributed by atoms with Crippen molar-refractivity contribution in [3.63, 3.8) is 0 Å². The summed E-state index contributed by atoms with van der Waals surface area (Å²) in [6.07, 6.45) is 3.99. The number of nitrogen functional groups attached to an aromatic ring is 1. The van der Waals surface area contributed by atoms with Crippen LogP contribution in [0.25, 0.3) is 0 Å². The van der Waals surface area contributed by atoms with E-state index in [1.807, 2.05) is 24.5 Å². The van der Waals surface area contributed by atoms with Crippen molar-refractivity contribution >= 4 is 37.4 Å². The molecule has 3 rings (SSSR count). The number of nitrogens with two attached hydrogens (primary N) is 1. The van der Waals surface area contributed by atoms with Crippen molar-refractivity contribution in [2.45, 2.75) is 6.54 Å². The number of hydrogen-bond donors (Lipinski definition) is 1. The van der Waals surface area contributed by atoms with Crippen LogP contribution in [0.5, 0.6) is 5.75 Å². The predicted octanol–water partition coefficient (Wildman–Crippen LogP) is 0.796. The van der Waals surface area contributed by atoms with E-state index in [0.717, 1.165) is 62.0 Å². The molecule has 6 heteroatoms. The van der Waals surface area contributed by atoms with Crippen LogP contribution in [0.3, 0.4) is 0 Å². The van der Waals surface area contributed by atoms with Gasteiger partial charge in [-0.05, 0) is 0 Å². The van der Waals surface area contributed by atoms with Gasteiger partial charge in [0, 0.05) is 0 Å². The van der Waals surface area contributed by atoms with E-state index >= 15 is 0 Å². The molecule has 2 heterocycles. The van der Waals surface area contributed by atoms with Gasteiger partial charge in [-0.3, -0.25) is 0 Å². The molecule has 18 heavy (non-hydrogen) atoms. The maximum absolute atomic E-state index is 5.85. The van der Waals surface area contributed by atoms with Gasteiger partial charge < -0.3 is 0 Å². The van der Waals surface area contributed by atoms with Crippen molar-refractivity contribution in [3.05, 3.63) is 36.4 Å². The summed E-state index contributed by atoms with van der Waals surface area (Å²) in [4.78, 5) is 6.66. The molecule has 5 nitrogen and oxygen atoms in total. The number of imidazole rings is 1. The molecule has 0 fully saturated rings. The second kappa shape index (κ2) is 4.79. The quantitative estimate of drug-likeness (QED) is 0.562. The first-order valence-corrected chi connectivity index (χ1v) is 7.78. The Morgan fingerprint density at radius 2 is 2.33 bits per heavy atom. The Kier molecular flexibility index (Phi) is 3.15. The Labute approximate surface area is 122 Å². The summed E-state index contributed by atoms with van der Waals surface area (Å²) >= 11 is 0.767. The van der Waals surface area contributed by atoms with Gasteiger partial charge in [0.15, 0.2) is 0 Å². The molecule has 1 aromatic heterocycles. The van der Waals surface area contributed by atoms with E-state index in [1.165, 1.54) is 0 Å². The first kappa shape index (κ1) is 11.8. The van der Waals surface area contributed by atoms with Crippen LogP contribution in [-0.2, 0) is 6.54 Å². The monoisotopic (exact) mass is 434 g/mol. The van der Waals surface area contributed by atoms with Crippen molar-refractivity contribution in [1.29, 1.82) is 0 Å². The number of aromatic nitrogens is 2. The minimum atomic E-state index is 0.709. The fraction of sp³-hybridized carbons (Fsp3) is 0.250. The second-order valence-corrected chi connectivity index (χ2v) is 6.63. The van der Waals surface area contributed by atoms with Crippen LogP contribution in [0.1, 0.15) is 5.69 Å². The molecule has 0 spiro atoms. The maximum atomic E-state index is 5.85. The molecule has 0 unspecified atom stereocenters. The molecule has 1 aromatic carbocycles. The number of hydrogen-bond acceptors (Lipinski definition) is 4. The SMILES string of the molecule is Nc1ccc2c(c1)N(Cc1c[n]([Tl])cn1)CCO2. The van der Waals surface area contributed by atoms with Crippen molar-refractivity contribution in [3.8, 4) is 5.75 Å². The molecule has 0 atom stereocenters. The summed E-state index contributed by atoms with van der Waals surface area (Å²) in [6, 6.07) is 5.77. The van der Waals surface area contributed by atoms with Gasteiger partial charge in [-0.15, -0.1) is 0 Å². The number of anilines is 2. The van der Waals surface area contributed by atoms with Crippen LogP contribution in [0, 0.1) is 0 Å². The summed E-state index contributed by atoms with van der Waals surface area (Å²) in [5.41, 5.74) is 8.76. The third-order valence-corrected chi connectivity index (χ3v) is 4.05. The van der Waals surface area contributed by atoms with Gasteiger partial charge >= 0.3 is 122 Å². The Hall–Kier alpha value is -1.25. The molecule has 0 saturated carbocycles. The predicted molar refractivity (Wildman–Crippen MR) is 70.8 cm³/mol. The zero-order chi connectivity index (χ0) is 12.5. The van der Waals surface area contributed by atoms with Gasteiger partial charge in [-0.25, -0.2) is 0 Å². The normalized spacial score (nSPS) is 14.1. The van der Waals surface area contributed by atoms with Gasteiger partial charge in [-0.2, -0.15) is 0 Å². The van der Waals surface area contributed by atoms with Gasteiger partial charge in [-0.1, -0.05) is 0 Å². The molecule has 0 amide bonds. The molecular formula is C12H13N4OTl. The van der Waals surface area contributed by atoms with Crippen LogP contribution in [-0.4, -0.2) is 46.6 Å². The molecule has 0 bridgehead atoms. The van der Waals surface area contributed by atoms with Crippen molar-refractivity contribution in [1.82, 2.24) is 7.36 Å². The zero-order valence-electron chi connectivity index (χ0n) is 9.91. The van der Waals surface area contributed by atoms with Crippen LogP contribution >= 0.6 is 0 Å². The van der Waals surface area contributed by atoms with E-state index in [4.69, 9.17) is 10.5 Å². The van der Waals surface area contributed by atoms with Crippen molar-refractivity contribution in [2.75, 3.05) is 23.8 Å². The Morgan fingerprint density at radius 1 is 1.44 bits per heavy atom. The third kappa shape index (κ3) is 2.31. The fourth-order valence-electron chi connectivity index (χ4n) is 2.11. The van der Waals surface area contributed by atoms with E-state index in [-0.39, 0.29) is 0 Å². The van der Waals surface area contributed by atoms with Gasteiger partial charge in [0.2, 0.25) is 0 Å². The Morgan fingerprint density at radius 3 is 3.11 bits per heavy atom. The van der Waals surface area contributed by atoms with Crippen LogP contribution in [0.15, 0.2) is 30.7 Å². The second-order valence-electron chi connectivity index (χ2n) is 4.31. The summed E-state index contributed by atoms with van der Waals surface area (Å²) in [5, 5.41) is 0. The molecule has 0 radical (unpaired) electrons. The van der Waals surface area contributed by atoms with Gasteiger partial charge in [0.05, 0.1) is 0 Å². The molecule has 2 N–H and O–H groups in total. The van der Waals surface area contributed by atoms with Crippen molar-refractivity contribution in [2.24, 2.45) is 0 Å². The average molecular weight is 434 g/mol. The molecule has 0 aliphatic carbocycles. The van der Waals surface area contributed by atoms with E-state index < -0.39 is 0 Å². The van der Waals surface area contributed by atoms with E-state index in [9.17, 15) is 0 Å². The summed E-state index contributed by atoms with van der Waals surface area (Å²) < 4.78 is 7.76. The average Bonchev–Trinajstić information content (AvgIpc) is 2.76. The minimum absolute atomic E-state index is 0.709. The number of ether oxygens (including phenoxy) is 1. The first-order chi connectivity index (χ1) is 8.72. The van der Waals surface area contributed by atoms with Crippen LogP contribution in [0.4, 0.5) is 11.4 Å². The van der Waals surface area contributed by atoms with Crippen molar-refractivity contribution < 1.29 is 4.74 Å². The fourth-order valence-corrected chi connectivity index (χ4v) is 3.04. The van der Waals surface area contributed by atoms with Gasteiger partial charge in [0.1, 0.15) is 0 Å². The van der Waals surface area contributed by atoms with E-state index in [0.29, 0.717) is 6.61 Å². The Bertz CT molecular complexity index is 569. The standard InChI is InChI=1S/C12H13N4O.Tl/c13-9-1-2-12-11(5-9)16(3-4-17-12)7-10-6-14-8-15-10;/h1-2,5-6,8H,3-4,7,13H2;/q-1;+1. The molecule has 1 aliphatic heterocycles. The molecule has 90 valence electrons. The number of rotatable bonds is 2.